The van der Waals surface area contributed by atoms with Crippen molar-refractivity contribution < 1.29 is 49.1 Å². The summed E-state index contributed by atoms with van der Waals surface area (Å²) in [5, 5.41) is 10.2. The van der Waals surface area contributed by atoms with Crippen LogP contribution in [0.3, 0.4) is 0 Å². The first kappa shape index (κ1) is 34.1. The highest BCUT2D eigenvalue weighted by atomic mass is 32.2. The number of nitrogens with two attached hydrogens (primary N) is 2. The molecule has 1 heterocycles. The van der Waals surface area contributed by atoms with Gasteiger partial charge in [0.25, 0.3) is 0 Å². The number of carbonyl (C=O) groups is 1. The van der Waals surface area contributed by atoms with E-state index in [0.717, 1.165) is 41.3 Å². The summed E-state index contributed by atoms with van der Waals surface area (Å²) in [5.41, 5.74) is 1.81. The maximum atomic E-state index is 15.0. The Labute approximate surface area is 257 Å². The van der Waals surface area contributed by atoms with Gasteiger partial charge in [-0.3, -0.25) is 9.80 Å². The Morgan fingerprint density at radius 3 is 2.13 bits per heavy atom. The lowest BCUT2D eigenvalue weighted by Gasteiger charge is -2.25. The molecule has 4 aromatic rings. The number of rotatable bonds is 8. The fraction of sp³-hybridized carbons (Fsp3) is 0.172. The first-order valence-corrected chi connectivity index (χ1v) is 14.8. The Morgan fingerprint density at radius 1 is 1.00 bits per heavy atom. The van der Waals surface area contributed by atoms with Gasteiger partial charge in [-0.05, 0) is 54.4 Å². The summed E-state index contributed by atoms with van der Waals surface area (Å²) in [6.45, 7) is 0.315. The zero-order valence-corrected chi connectivity index (χ0v) is 24.6. The zero-order valence-electron chi connectivity index (χ0n) is 23.8. The number of nitrogens with zero attached hydrogens (tertiary/aromatic N) is 3. The fourth-order valence-electron chi connectivity index (χ4n) is 4.57. The number of anilines is 1. The molecule has 5 N–H and O–H groups in total. The number of aliphatic hydroxyl groups is 1. The number of benzene rings is 3. The van der Waals surface area contributed by atoms with E-state index in [9.17, 15) is 49.1 Å². The molecule has 0 saturated heterocycles. The van der Waals surface area contributed by atoms with Crippen LogP contribution in [0.15, 0.2) is 77.6 Å². The molecule has 46 heavy (non-hydrogen) atoms. The van der Waals surface area contributed by atoms with Gasteiger partial charge in [-0.15, -0.1) is 0 Å². The standard InChI is InChI=1S/C29H24F7N5O4S/c1-15-39-26(29(34,35)36)13-40(15)22-8-5-17(18-9-21(30)20(14-42)25(11-18)46(2,44)45)10-23(22)41(38)24(12-37)27(43)16-3-6-19(7-4-16)28(31,32)33/h3-13,42H,14,37-38H2,1-2H3/b24-12-. The summed E-state index contributed by atoms with van der Waals surface area (Å²) in [4.78, 5) is 16.4. The van der Waals surface area contributed by atoms with Gasteiger partial charge in [0, 0.05) is 29.8 Å². The minimum absolute atomic E-state index is 0.0537. The summed E-state index contributed by atoms with van der Waals surface area (Å²) in [7, 11) is -4.06. The van der Waals surface area contributed by atoms with Crippen molar-refractivity contribution in [2.45, 2.75) is 30.8 Å². The molecule has 0 aliphatic heterocycles. The number of hydrogen-bond acceptors (Lipinski definition) is 8. The summed E-state index contributed by atoms with van der Waals surface area (Å²) >= 11 is 0. The smallest absolute Gasteiger partial charge is 0.403 e. The molecule has 0 atom stereocenters. The molecule has 3 aromatic carbocycles. The molecule has 0 fully saturated rings. The number of hydrazine groups is 1. The zero-order chi connectivity index (χ0) is 34.4. The molecule has 4 rings (SSSR count). The molecule has 244 valence electrons. The van der Waals surface area contributed by atoms with Gasteiger partial charge in [-0.1, -0.05) is 18.2 Å². The monoisotopic (exact) mass is 671 g/mol. The molecule has 9 nitrogen and oxygen atoms in total. The molecule has 0 radical (unpaired) electrons. The summed E-state index contributed by atoms with van der Waals surface area (Å²) < 4.78 is 120. The Kier molecular flexibility index (Phi) is 9.07. The molecule has 0 aliphatic carbocycles. The van der Waals surface area contributed by atoms with Crippen LogP contribution in [0.4, 0.5) is 36.4 Å². The Bertz CT molecular complexity index is 1950. The molecule has 1 aromatic heterocycles. The predicted molar refractivity (Wildman–Crippen MR) is 152 cm³/mol. The second-order valence-electron chi connectivity index (χ2n) is 9.94. The van der Waals surface area contributed by atoms with Crippen LogP contribution in [0.25, 0.3) is 16.8 Å². The van der Waals surface area contributed by atoms with E-state index >= 15 is 0 Å². The summed E-state index contributed by atoms with van der Waals surface area (Å²) in [6, 6.07) is 8.82. The van der Waals surface area contributed by atoms with Gasteiger partial charge in [0.1, 0.15) is 17.3 Å². The molecular weight excluding hydrogens is 647 g/mol. The van der Waals surface area contributed by atoms with Crippen molar-refractivity contribution in [3.8, 4) is 16.8 Å². The first-order valence-electron chi connectivity index (χ1n) is 12.9. The van der Waals surface area contributed by atoms with Crippen LogP contribution in [0.5, 0.6) is 0 Å². The van der Waals surface area contributed by atoms with Crippen molar-refractivity contribution >= 4 is 21.3 Å². The van der Waals surface area contributed by atoms with Crippen molar-refractivity contribution in [3.63, 3.8) is 0 Å². The SMILES string of the molecule is Cc1nc(C(F)(F)F)cn1-c1ccc(-c2cc(F)c(CO)c(S(C)(=O)=O)c2)cc1N(N)/C(=C\N)C(=O)c1ccc(C(F)(F)F)cc1. The topological polar surface area (TPSA) is 145 Å². The molecule has 17 heteroatoms. The highest BCUT2D eigenvalue weighted by Gasteiger charge is 2.35. The van der Waals surface area contributed by atoms with E-state index in [1.165, 1.54) is 25.1 Å². The fourth-order valence-corrected chi connectivity index (χ4v) is 5.52. The molecule has 0 bridgehead atoms. The van der Waals surface area contributed by atoms with Gasteiger partial charge in [0.15, 0.2) is 15.5 Å². The summed E-state index contributed by atoms with van der Waals surface area (Å²) in [6.07, 6.45) is -7.34. The molecular formula is C29H24F7N5O4S. The van der Waals surface area contributed by atoms with Gasteiger partial charge in [-0.2, -0.15) is 26.3 Å². The van der Waals surface area contributed by atoms with Crippen LogP contribution < -0.4 is 16.6 Å². The van der Waals surface area contributed by atoms with E-state index in [0.29, 0.717) is 23.3 Å². The van der Waals surface area contributed by atoms with Gasteiger partial charge < -0.3 is 15.4 Å². The van der Waals surface area contributed by atoms with Crippen LogP contribution >= 0.6 is 0 Å². The van der Waals surface area contributed by atoms with Crippen LogP contribution in [0.2, 0.25) is 0 Å². The van der Waals surface area contributed by atoms with E-state index in [1.807, 2.05) is 0 Å². The van der Waals surface area contributed by atoms with Crippen molar-refractivity contribution in [2.75, 3.05) is 11.3 Å². The Hall–Kier alpha value is -4.74. The highest BCUT2D eigenvalue weighted by molar-refractivity contribution is 7.90. The average molecular weight is 672 g/mol. The maximum absolute atomic E-state index is 15.0. The van der Waals surface area contributed by atoms with Crippen molar-refractivity contribution in [1.82, 2.24) is 9.55 Å². The van der Waals surface area contributed by atoms with Crippen molar-refractivity contribution in [3.05, 3.63) is 107 Å². The number of allylic oxidation sites excluding steroid dienone is 1. The molecule has 0 spiro atoms. The molecule has 0 saturated carbocycles. The number of halogens is 7. The van der Waals surface area contributed by atoms with Gasteiger partial charge in [0.2, 0.25) is 5.78 Å². The van der Waals surface area contributed by atoms with Crippen molar-refractivity contribution in [2.24, 2.45) is 11.6 Å². The number of sulfone groups is 1. The largest absolute Gasteiger partial charge is 0.434 e. The van der Waals surface area contributed by atoms with Crippen LogP contribution in [0.1, 0.15) is 33.0 Å². The highest BCUT2D eigenvalue weighted by Crippen LogP contribution is 2.37. The number of alkyl halides is 6. The Balaban J connectivity index is 1.92. The summed E-state index contributed by atoms with van der Waals surface area (Å²) in [5.74, 6) is 4.11. The van der Waals surface area contributed by atoms with E-state index in [-0.39, 0.29) is 33.9 Å². The van der Waals surface area contributed by atoms with Crippen LogP contribution in [-0.2, 0) is 28.8 Å². The number of hydrogen-bond donors (Lipinski definition) is 3. The molecule has 0 aliphatic rings. The third-order valence-electron chi connectivity index (χ3n) is 6.84. The third-order valence-corrected chi connectivity index (χ3v) is 8.00. The first-order chi connectivity index (χ1) is 21.3. The average Bonchev–Trinajstić information content (AvgIpc) is 3.37. The normalized spacial score (nSPS) is 12.8. The molecule has 0 amide bonds. The minimum atomic E-state index is -4.84. The van der Waals surface area contributed by atoms with Gasteiger partial charge in [-0.25, -0.2) is 23.6 Å². The number of ketones is 1. The van der Waals surface area contributed by atoms with E-state index < -0.39 is 67.8 Å². The number of aromatic nitrogens is 2. The van der Waals surface area contributed by atoms with Crippen LogP contribution in [-0.4, -0.2) is 35.1 Å². The number of imidazole rings is 1. The lowest BCUT2D eigenvalue weighted by Crippen LogP contribution is -2.35. The number of aryl methyl sites for hydroxylation is 1. The quantitative estimate of drug-likeness (QED) is 0.0755. The second-order valence-corrected chi connectivity index (χ2v) is 11.9. The third kappa shape index (κ3) is 6.75. The van der Waals surface area contributed by atoms with E-state index in [1.54, 1.807) is 0 Å². The number of Topliss-reactive ketones (excluding diaryl/α,β-unsaturated/α-hetero) is 1. The maximum Gasteiger partial charge on any atom is 0.434 e. The second kappa shape index (κ2) is 12.2. The lowest BCUT2D eigenvalue weighted by molar-refractivity contribution is -0.141. The van der Waals surface area contributed by atoms with E-state index in [2.05, 4.69) is 4.98 Å². The van der Waals surface area contributed by atoms with Crippen LogP contribution in [0, 0.1) is 12.7 Å². The lowest BCUT2D eigenvalue weighted by atomic mass is 10.0. The molecule has 0 unspecified atom stereocenters. The van der Waals surface area contributed by atoms with Crippen molar-refractivity contribution in [1.29, 1.82) is 0 Å². The van der Waals surface area contributed by atoms with Gasteiger partial charge in [0.05, 0.1) is 28.4 Å². The Morgan fingerprint density at radius 2 is 1.63 bits per heavy atom. The predicted octanol–water partition coefficient (Wildman–Crippen LogP) is 5.28. The number of carbonyl (C=O) groups excluding carboxylic acids is 1. The minimum Gasteiger partial charge on any atom is -0.403 e. The van der Waals surface area contributed by atoms with Gasteiger partial charge >= 0.3 is 12.4 Å². The number of aliphatic hydroxyl groups excluding tert-OH is 1. The van der Waals surface area contributed by atoms with E-state index in [4.69, 9.17) is 11.6 Å².